The van der Waals surface area contributed by atoms with Gasteiger partial charge in [0.2, 0.25) is 0 Å². The summed E-state index contributed by atoms with van der Waals surface area (Å²) in [5.41, 5.74) is 2.57. The van der Waals surface area contributed by atoms with E-state index in [1.54, 1.807) is 17.0 Å². The second-order valence-electron chi connectivity index (χ2n) is 10.8. The van der Waals surface area contributed by atoms with E-state index in [4.69, 9.17) is 15.1 Å². The lowest BCUT2D eigenvalue weighted by atomic mass is 9.66. The number of carbonyl (C=O) groups excluding carboxylic acids is 2. The normalized spacial score (nSPS) is 21.6. The minimum Gasteiger partial charge on any atom is -0.494 e. The van der Waals surface area contributed by atoms with E-state index in [0.29, 0.717) is 30.3 Å². The number of hydrogen-bond acceptors (Lipinski definition) is 6. The molecule has 2 heterocycles. The van der Waals surface area contributed by atoms with Gasteiger partial charge in [-0.15, -0.1) is 0 Å². The summed E-state index contributed by atoms with van der Waals surface area (Å²) in [4.78, 5) is 32.8. The molecule has 0 saturated carbocycles. The number of amidine groups is 1. The monoisotopic (exact) mass is 489 g/mol. The first-order chi connectivity index (χ1) is 17.0. The van der Waals surface area contributed by atoms with Crippen LogP contribution in [0.2, 0.25) is 0 Å². The summed E-state index contributed by atoms with van der Waals surface area (Å²) < 4.78 is 5.57. The smallest absolute Gasteiger partial charge is 0.183 e. The average Bonchev–Trinajstić information content (AvgIpc) is 3.27. The molecule has 4 rings (SSSR count). The van der Waals surface area contributed by atoms with Crippen LogP contribution in [0.5, 0.6) is 5.75 Å². The number of Topliss-reactive ketones (excluding diaryl/α,β-unsaturated/α-hetero) is 2. The van der Waals surface area contributed by atoms with E-state index in [9.17, 15) is 14.7 Å². The van der Waals surface area contributed by atoms with Crippen LogP contribution in [0.25, 0.3) is 0 Å². The molecule has 0 bridgehead atoms. The summed E-state index contributed by atoms with van der Waals surface area (Å²) in [7, 11) is 0. The molecule has 36 heavy (non-hydrogen) atoms. The number of rotatable bonds is 8. The summed E-state index contributed by atoms with van der Waals surface area (Å²) in [5, 5.41) is 17.9. The first kappa shape index (κ1) is 25.8. The van der Waals surface area contributed by atoms with Gasteiger partial charge < -0.3 is 14.7 Å². The number of fused-ring (bicyclic) bond motifs is 1. The zero-order chi connectivity index (χ0) is 26.3. The van der Waals surface area contributed by atoms with Gasteiger partial charge in [-0.05, 0) is 48.6 Å². The predicted octanol–water partition coefficient (Wildman–Crippen LogP) is 4.39. The van der Waals surface area contributed by atoms with Crippen LogP contribution in [0.1, 0.15) is 68.1 Å². The zero-order valence-electron chi connectivity index (χ0n) is 21.7. The molecule has 2 atom stereocenters. The fraction of sp³-hybridized carbons (Fsp3) is 0.448. The molecule has 2 aromatic carbocycles. The van der Waals surface area contributed by atoms with E-state index in [1.165, 1.54) is 0 Å². The van der Waals surface area contributed by atoms with Crippen LogP contribution in [-0.4, -0.2) is 52.9 Å². The van der Waals surface area contributed by atoms with Crippen molar-refractivity contribution in [3.05, 3.63) is 64.7 Å². The molecule has 0 aromatic heterocycles. The SMILES string of the molecule is CCOc1ccc2c(c1)CN(CC(=O)c1ccc(C3(C)N=C(CCO)C(=O)C3C(C)(C)C)cc1)C2=N. The Kier molecular flexibility index (Phi) is 6.88. The van der Waals surface area contributed by atoms with Crippen LogP contribution in [0.4, 0.5) is 0 Å². The Morgan fingerprint density at radius 2 is 1.92 bits per heavy atom. The Bertz CT molecular complexity index is 1230. The van der Waals surface area contributed by atoms with Crippen LogP contribution in [-0.2, 0) is 16.9 Å². The number of hydrogen-bond donors (Lipinski definition) is 2. The molecule has 190 valence electrons. The van der Waals surface area contributed by atoms with E-state index in [-0.39, 0.29) is 42.5 Å². The van der Waals surface area contributed by atoms with Gasteiger partial charge in [-0.25, -0.2) is 0 Å². The van der Waals surface area contributed by atoms with Gasteiger partial charge >= 0.3 is 0 Å². The molecule has 2 unspecified atom stereocenters. The Balaban J connectivity index is 1.52. The molecule has 0 saturated heterocycles. The first-order valence-corrected chi connectivity index (χ1v) is 12.5. The highest BCUT2D eigenvalue weighted by Gasteiger charge is 2.52. The number of ketones is 2. The molecular weight excluding hydrogens is 454 g/mol. The minimum absolute atomic E-state index is 0.0150. The third-order valence-electron chi connectivity index (χ3n) is 7.14. The van der Waals surface area contributed by atoms with Crippen LogP contribution < -0.4 is 4.74 Å². The van der Waals surface area contributed by atoms with Gasteiger partial charge in [-0.1, -0.05) is 45.0 Å². The molecule has 2 aliphatic rings. The molecule has 0 spiro atoms. The number of aliphatic imine (C=N–C) groups is 1. The van der Waals surface area contributed by atoms with Crippen molar-refractivity contribution in [1.29, 1.82) is 5.41 Å². The summed E-state index contributed by atoms with van der Waals surface area (Å²) in [6, 6.07) is 13.0. The van der Waals surface area contributed by atoms with E-state index < -0.39 is 5.54 Å². The largest absolute Gasteiger partial charge is 0.494 e. The third kappa shape index (κ3) is 4.60. The lowest BCUT2D eigenvalue weighted by molar-refractivity contribution is -0.120. The third-order valence-corrected chi connectivity index (χ3v) is 7.14. The summed E-state index contributed by atoms with van der Waals surface area (Å²) in [6.45, 7) is 11.0. The van der Waals surface area contributed by atoms with Gasteiger partial charge in [-0.2, -0.15) is 0 Å². The minimum atomic E-state index is -0.765. The van der Waals surface area contributed by atoms with E-state index in [0.717, 1.165) is 22.4 Å². The Hall–Kier alpha value is -3.32. The average molecular weight is 490 g/mol. The van der Waals surface area contributed by atoms with E-state index in [2.05, 4.69) is 0 Å². The number of benzene rings is 2. The van der Waals surface area contributed by atoms with Crippen molar-refractivity contribution in [3.63, 3.8) is 0 Å². The highest BCUT2D eigenvalue weighted by atomic mass is 16.5. The molecule has 7 heteroatoms. The van der Waals surface area contributed by atoms with Crippen molar-refractivity contribution >= 4 is 23.1 Å². The van der Waals surface area contributed by atoms with Gasteiger partial charge in [0.05, 0.1) is 30.3 Å². The van der Waals surface area contributed by atoms with Crippen LogP contribution in [0.15, 0.2) is 47.5 Å². The lowest BCUT2D eigenvalue weighted by Crippen LogP contribution is -2.40. The van der Waals surface area contributed by atoms with Crippen molar-refractivity contribution in [3.8, 4) is 5.75 Å². The standard InChI is InChI=1S/C29H35N3O4/c1-6-36-21-11-12-22-19(15-21)16-32(27(22)30)17-24(34)18-7-9-20(10-8-18)29(5)26(28(2,3)4)25(35)23(31-29)13-14-33/h7-12,15,26,30,33H,6,13-14,16-17H2,1-5H3. The van der Waals surface area contributed by atoms with Crippen molar-refractivity contribution in [2.75, 3.05) is 19.8 Å². The Morgan fingerprint density at radius 3 is 2.53 bits per heavy atom. The molecule has 7 nitrogen and oxygen atoms in total. The summed E-state index contributed by atoms with van der Waals surface area (Å²) in [6.07, 6.45) is 0.244. The maximum absolute atomic E-state index is 13.2. The molecule has 2 N–H and O–H groups in total. The fourth-order valence-electron chi connectivity index (χ4n) is 5.61. The lowest BCUT2D eigenvalue weighted by Gasteiger charge is -2.37. The van der Waals surface area contributed by atoms with Crippen LogP contribution in [0.3, 0.4) is 0 Å². The summed E-state index contributed by atoms with van der Waals surface area (Å²) >= 11 is 0. The quantitative estimate of drug-likeness (QED) is 0.535. The predicted molar refractivity (Wildman–Crippen MR) is 140 cm³/mol. The highest BCUT2D eigenvalue weighted by molar-refractivity contribution is 6.42. The Labute approximate surface area is 212 Å². The molecule has 2 aliphatic heterocycles. The maximum atomic E-state index is 13.2. The maximum Gasteiger partial charge on any atom is 0.183 e. The number of aliphatic hydroxyl groups is 1. The van der Waals surface area contributed by atoms with Crippen LogP contribution in [0, 0.1) is 16.7 Å². The molecule has 0 radical (unpaired) electrons. The van der Waals surface area contributed by atoms with Gasteiger partial charge in [-0.3, -0.25) is 20.0 Å². The Morgan fingerprint density at radius 1 is 1.22 bits per heavy atom. The number of aliphatic hydroxyl groups excluding tert-OH is 1. The topological polar surface area (TPSA) is 103 Å². The molecular formula is C29H35N3O4. The van der Waals surface area contributed by atoms with Gasteiger partial charge in [0.15, 0.2) is 11.6 Å². The second kappa shape index (κ2) is 9.62. The molecule has 2 aromatic rings. The summed E-state index contributed by atoms with van der Waals surface area (Å²) in [5.74, 6) is 0.657. The fourth-order valence-corrected chi connectivity index (χ4v) is 5.61. The highest BCUT2D eigenvalue weighted by Crippen LogP contribution is 2.48. The van der Waals surface area contributed by atoms with Crippen molar-refractivity contribution in [2.45, 2.75) is 53.1 Å². The van der Waals surface area contributed by atoms with Gasteiger partial charge in [0.1, 0.15) is 11.6 Å². The van der Waals surface area contributed by atoms with E-state index >= 15 is 0 Å². The van der Waals surface area contributed by atoms with Gasteiger partial charge in [0, 0.05) is 30.7 Å². The van der Waals surface area contributed by atoms with Crippen LogP contribution >= 0.6 is 0 Å². The number of nitrogens with zero attached hydrogens (tertiary/aromatic N) is 2. The van der Waals surface area contributed by atoms with Crippen molar-refractivity contribution in [2.24, 2.45) is 16.3 Å². The second-order valence-corrected chi connectivity index (χ2v) is 10.8. The number of ether oxygens (including phenoxy) is 1. The first-order valence-electron chi connectivity index (χ1n) is 12.5. The molecule has 0 amide bonds. The number of nitrogens with one attached hydrogen (secondary N) is 1. The van der Waals surface area contributed by atoms with E-state index in [1.807, 2.05) is 65.0 Å². The zero-order valence-corrected chi connectivity index (χ0v) is 21.7. The molecule has 0 fully saturated rings. The molecule has 0 aliphatic carbocycles. The van der Waals surface area contributed by atoms with Gasteiger partial charge in [0.25, 0.3) is 0 Å². The number of carbonyl (C=O) groups is 2. The van der Waals surface area contributed by atoms with Crippen molar-refractivity contribution < 1.29 is 19.4 Å². The van der Waals surface area contributed by atoms with Crippen molar-refractivity contribution in [1.82, 2.24) is 4.90 Å².